The van der Waals surface area contributed by atoms with E-state index >= 15 is 0 Å². The number of pyridine rings is 1. The Hall–Kier alpha value is -3.59. The molecule has 0 saturated carbocycles. The number of hydrogen-bond acceptors (Lipinski definition) is 8. The third-order valence-electron chi connectivity index (χ3n) is 5.18. The maximum atomic E-state index is 13.1. The van der Waals surface area contributed by atoms with Crippen LogP contribution in [0, 0.1) is 0 Å². The highest BCUT2D eigenvalue weighted by Gasteiger charge is 2.33. The maximum absolute atomic E-state index is 13.1. The van der Waals surface area contributed by atoms with E-state index in [4.69, 9.17) is 4.84 Å². The number of aromatic nitrogens is 6. The fourth-order valence-corrected chi connectivity index (χ4v) is 4.27. The van der Waals surface area contributed by atoms with Gasteiger partial charge in [0.25, 0.3) is 5.91 Å². The number of carbonyl (C=O) groups is 1. The lowest BCUT2D eigenvalue weighted by atomic mass is 10.2. The minimum atomic E-state index is -4.63. The number of carbonyl (C=O) groups excluding carboxylic acids is 1. The molecule has 0 radical (unpaired) electrons. The molecule has 0 atom stereocenters. The number of halogens is 3. The van der Waals surface area contributed by atoms with E-state index in [0.717, 1.165) is 15.6 Å². The number of hydrogen-bond donors (Lipinski definition) is 0. The third kappa shape index (κ3) is 3.75. The van der Waals surface area contributed by atoms with Gasteiger partial charge >= 0.3 is 6.18 Å². The van der Waals surface area contributed by atoms with Gasteiger partial charge in [-0.05, 0) is 6.07 Å². The Morgan fingerprint density at radius 1 is 1.21 bits per heavy atom. The van der Waals surface area contributed by atoms with Gasteiger partial charge in [-0.1, -0.05) is 6.92 Å². The van der Waals surface area contributed by atoms with Crippen molar-refractivity contribution in [2.45, 2.75) is 18.1 Å². The van der Waals surface area contributed by atoms with E-state index in [2.05, 4.69) is 20.1 Å². The average Bonchev–Trinajstić information content (AvgIpc) is 3.34. The van der Waals surface area contributed by atoms with Gasteiger partial charge in [-0.25, -0.2) is 32.9 Å². The highest BCUT2D eigenvalue weighted by molar-refractivity contribution is 7.91. The predicted octanol–water partition coefficient (Wildman–Crippen LogP) is 2.12. The minimum absolute atomic E-state index is 0.00411. The number of nitrogens with zero attached hydrogens (tertiary/aromatic N) is 7. The van der Waals surface area contributed by atoms with Crippen molar-refractivity contribution in [3.8, 4) is 11.4 Å². The van der Waals surface area contributed by atoms with E-state index in [1.807, 2.05) is 0 Å². The molecule has 34 heavy (non-hydrogen) atoms. The molecule has 0 N–H and O–H groups in total. The van der Waals surface area contributed by atoms with Crippen molar-refractivity contribution in [3.63, 3.8) is 0 Å². The van der Waals surface area contributed by atoms with Gasteiger partial charge in [0.2, 0.25) is 0 Å². The highest BCUT2D eigenvalue weighted by atomic mass is 32.2. The largest absolute Gasteiger partial charge is 0.417 e. The van der Waals surface area contributed by atoms with Crippen LogP contribution in [-0.2, 0) is 27.9 Å². The average molecular weight is 497 g/mol. The molecule has 4 aromatic rings. The Balaban J connectivity index is 2.00. The van der Waals surface area contributed by atoms with Gasteiger partial charge in [0.1, 0.15) is 16.9 Å². The van der Waals surface area contributed by atoms with E-state index in [9.17, 15) is 26.4 Å². The fourth-order valence-electron chi connectivity index (χ4n) is 3.29. The Bertz CT molecular complexity index is 1540. The van der Waals surface area contributed by atoms with E-state index < -0.39 is 27.5 Å². The first-order valence-electron chi connectivity index (χ1n) is 9.72. The van der Waals surface area contributed by atoms with Gasteiger partial charge in [-0.15, -0.1) is 0 Å². The lowest BCUT2D eigenvalue weighted by Gasteiger charge is -2.13. The molecule has 11 nitrogen and oxygen atoms in total. The van der Waals surface area contributed by atoms with Crippen molar-refractivity contribution in [1.82, 2.24) is 34.2 Å². The Labute approximate surface area is 190 Å². The van der Waals surface area contributed by atoms with Crippen LogP contribution in [0.2, 0.25) is 0 Å². The van der Waals surface area contributed by atoms with Gasteiger partial charge in [-0.3, -0.25) is 9.63 Å². The smallest absolute Gasteiger partial charge is 0.312 e. The van der Waals surface area contributed by atoms with E-state index in [1.165, 1.54) is 45.1 Å². The number of hydroxylamine groups is 2. The first-order valence-corrected chi connectivity index (χ1v) is 11.4. The number of sulfone groups is 1. The number of amides is 1. The molecule has 4 rings (SSSR count). The summed E-state index contributed by atoms with van der Waals surface area (Å²) in [6.07, 6.45) is -1.46. The lowest BCUT2D eigenvalue weighted by Crippen LogP contribution is -2.25. The van der Waals surface area contributed by atoms with Crippen molar-refractivity contribution in [2.75, 3.05) is 19.9 Å². The number of alkyl halides is 3. The van der Waals surface area contributed by atoms with Gasteiger partial charge in [0.05, 0.1) is 24.0 Å². The van der Waals surface area contributed by atoms with Crippen LogP contribution in [0.15, 0.2) is 29.7 Å². The van der Waals surface area contributed by atoms with Crippen molar-refractivity contribution in [1.29, 1.82) is 0 Å². The zero-order chi connectivity index (χ0) is 25.0. The van der Waals surface area contributed by atoms with Crippen molar-refractivity contribution in [2.24, 2.45) is 7.05 Å². The first-order chi connectivity index (χ1) is 15.9. The monoisotopic (exact) mass is 497 g/mol. The van der Waals surface area contributed by atoms with Crippen LogP contribution in [0.3, 0.4) is 0 Å². The molecule has 0 spiro atoms. The molecule has 0 aliphatic rings. The van der Waals surface area contributed by atoms with Crippen LogP contribution in [0.25, 0.3) is 28.2 Å². The summed E-state index contributed by atoms with van der Waals surface area (Å²) in [5.41, 5.74) is -0.883. The van der Waals surface area contributed by atoms with E-state index in [0.29, 0.717) is 6.20 Å². The van der Waals surface area contributed by atoms with Crippen molar-refractivity contribution in [3.05, 3.63) is 35.8 Å². The van der Waals surface area contributed by atoms with Crippen LogP contribution in [0.4, 0.5) is 13.2 Å². The minimum Gasteiger partial charge on any atom is -0.312 e. The standard InChI is InChI=1S/C19H18F3N7O4S/c1-5-34(31,32)17-13(15-23-7-10(9-29(15)26-17)18(30)28(3)33-4)16-25-12-6-11(19(20,21)22)8-24-14(12)27(16)2/h6-9H,5H2,1-4H3. The summed E-state index contributed by atoms with van der Waals surface area (Å²) in [6, 6.07) is 0.830. The number of fused-ring (bicyclic) bond motifs is 2. The van der Waals surface area contributed by atoms with Crippen LogP contribution in [-0.4, -0.2) is 68.4 Å². The quantitative estimate of drug-likeness (QED) is 0.384. The molecule has 0 saturated heterocycles. The molecular weight excluding hydrogens is 479 g/mol. The zero-order valence-corrected chi connectivity index (χ0v) is 19.1. The number of aryl methyl sites for hydroxylation is 1. The molecule has 180 valence electrons. The fraction of sp³-hybridized carbons (Fsp3) is 0.316. The normalized spacial score (nSPS) is 12.6. The molecule has 0 unspecified atom stereocenters. The van der Waals surface area contributed by atoms with Gasteiger partial charge in [-0.2, -0.15) is 18.3 Å². The predicted molar refractivity (Wildman–Crippen MR) is 112 cm³/mol. The lowest BCUT2D eigenvalue weighted by molar-refractivity contribution is -0.137. The second-order valence-electron chi connectivity index (χ2n) is 7.24. The SMILES string of the molecule is CCS(=O)(=O)c1nn2cc(C(=O)N(C)OC)cnc2c1-c1nc2cc(C(F)(F)F)cnc2n1C. The summed E-state index contributed by atoms with van der Waals surface area (Å²) < 4.78 is 67.6. The molecule has 4 heterocycles. The number of rotatable bonds is 5. The van der Waals surface area contributed by atoms with Gasteiger partial charge in [0.15, 0.2) is 26.2 Å². The van der Waals surface area contributed by atoms with Crippen molar-refractivity contribution < 1.29 is 31.2 Å². The number of imidazole rings is 1. The molecule has 0 aromatic carbocycles. The summed E-state index contributed by atoms with van der Waals surface area (Å²) in [5.74, 6) is -0.854. The Morgan fingerprint density at radius 2 is 1.88 bits per heavy atom. The topological polar surface area (TPSA) is 125 Å². The molecule has 0 aliphatic carbocycles. The van der Waals surface area contributed by atoms with Crippen LogP contribution >= 0.6 is 0 Å². The molecule has 4 aromatic heterocycles. The van der Waals surface area contributed by atoms with E-state index in [1.54, 1.807) is 0 Å². The highest BCUT2D eigenvalue weighted by Crippen LogP contribution is 2.34. The summed E-state index contributed by atoms with van der Waals surface area (Å²) >= 11 is 0. The maximum Gasteiger partial charge on any atom is 0.417 e. The van der Waals surface area contributed by atoms with Crippen LogP contribution in [0.5, 0.6) is 0 Å². The Morgan fingerprint density at radius 3 is 2.50 bits per heavy atom. The Kier molecular flexibility index (Phi) is 5.56. The van der Waals surface area contributed by atoms with Crippen LogP contribution in [0.1, 0.15) is 22.8 Å². The second-order valence-corrected chi connectivity index (χ2v) is 9.43. The molecular formula is C19H18F3N7O4S. The van der Waals surface area contributed by atoms with Gasteiger partial charge in [0, 0.05) is 32.7 Å². The molecule has 0 fully saturated rings. The third-order valence-corrected chi connectivity index (χ3v) is 6.82. The summed E-state index contributed by atoms with van der Waals surface area (Å²) in [7, 11) is 0.246. The van der Waals surface area contributed by atoms with Gasteiger partial charge < -0.3 is 4.57 Å². The zero-order valence-electron chi connectivity index (χ0n) is 18.3. The van der Waals surface area contributed by atoms with E-state index in [-0.39, 0.29) is 44.5 Å². The molecule has 0 bridgehead atoms. The van der Waals surface area contributed by atoms with Crippen molar-refractivity contribution >= 4 is 32.6 Å². The van der Waals surface area contributed by atoms with Crippen LogP contribution < -0.4 is 0 Å². The second kappa shape index (κ2) is 8.02. The first kappa shape index (κ1) is 23.6. The summed E-state index contributed by atoms with van der Waals surface area (Å²) in [5, 5.41) is 4.71. The molecule has 0 aliphatic heterocycles. The summed E-state index contributed by atoms with van der Waals surface area (Å²) in [6.45, 7) is 1.42. The molecule has 15 heteroatoms. The molecule has 1 amide bonds. The summed E-state index contributed by atoms with van der Waals surface area (Å²) in [4.78, 5) is 29.6.